The van der Waals surface area contributed by atoms with Crippen molar-refractivity contribution >= 4 is 11.8 Å². The summed E-state index contributed by atoms with van der Waals surface area (Å²) >= 11 is 0. The summed E-state index contributed by atoms with van der Waals surface area (Å²) in [5.74, 6) is 0. The molecule has 1 aromatic carbocycles. The van der Waals surface area contributed by atoms with Gasteiger partial charge in [0.2, 0.25) is 0 Å². The van der Waals surface area contributed by atoms with Gasteiger partial charge in [0.05, 0.1) is 10.5 Å². The van der Waals surface area contributed by atoms with Crippen LogP contribution in [0.25, 0.3) is 6.08 Å². The number of benzene rings is 1. The first-order valence-corrected chi connectivity index (χ1v) is 4.40. The van der Waals surface area contributed by atoms with Crippen LogP contribution < -0.4 is 0 Å². The molecule has 0 saturated carbocycles. The summed E-state index contributed by atoms with van der Waals surface area (Å²) in [6.45, 7) is 5.77. The molecule has 0 heterocycles. The Morgan fingerprint density at radius 3 is 2.57 bits per heavy atom. The fraction of sp³-hybridized carbons (Fsp3) is 0.273. The van der Waals surface area contributed by atoms with Crippen molar-refractivity contribution in [1.82, 2.24) is 0 Å². The van der Waals surface area contributed by atoms with Crippen molar-refractivity contribution in [3.63, 3.8) is 0 Å². The Balaban J connectivity index is 3.30. The van der Waals surface area contributed by atoms with Gasteiger partial charge in [-0.2, -0.15) is 0 Å². The van der Waals surface area contributed by atoms with Gasteiger partial charge < -0.3 is 0 Å². The summed E-state index contributed by atoms with van der Waals surface area (Å²) in [5, 5.41) is 10.7. The van der Waals surface area contributed by atoms with Gasteiger partial charge in [0.1, 0.15) is 0 Å². The molecule has 0 spiro atoms. The third-order valence-corrected chi connectivity index (χ3v) is 1.82. The van der Waals surface area contributed by atoms with Gasteiger partial charge in [-0.05, 0) is 32.9 Å². The van der Waals surface area contributed by atoms with Crippen LogP contribution in [-0.2, 0) is 0 Å². The lowest BCUT2D eigenvalue weighted by Gasteiger charge is -1.99. The van der Waals surface area contributed by atoms with Gasteiger partial charge >= 0.3 is 0 Å². The number of allylic oxidation sites excluding steroid dienone is 1. The number of hydrogen-bond acceptors (Lipinski definition) is 2. The van der Waals surface area contributed by atoms with Crippen LogP contribution in [0.15, 0.2) is 23.8 Å². The predicted octanol–water partition coefficient (Wildman–Crippen LogP) is 3.33. The zero-order valence-corrected chi connectivity index (χ0v) is 8.57. The Morgan fingerprint density at radius 1 is 1.43 bits per heavy atom. The number of aryl methyl sites for hydroxylation is 1. The SMILES string of the molecule is CC(C)=Cc1cc(C)ccc1[N+](=O)[O-]. The van der Waals surface area contributed by atoms with E-state index in [1.54, 1.807) is 12.1 Å². The topological polar surface area (TPSA) is 43.1 Å². The third-order valence-electron chi connectivity index (χ3n) is 1.82. The van der Waals surface area contributed by atoms with E-state index in [1.807, 2.05) is 32.9 Å². The van der Waals surface area contributed by atoms with Crippen LogP contribution >= 0.6 is 0 Å². The van der Waals surface area contributed by atoms with Gasteiger partial charge in [-0.25, -0.2) is 0 Å². The van der Waals surface area contributed by atoms with E-state index in [0.29, 0.717) is 5.56 Å². The van der Waals surface area contributed by atoms with E-state index in [-0.39, 0.29) is 10.6 Å². The molecule has 14 heavy (non-hydrogen) atoms. The highest BCUT2D eigenvalue weighted by atomic mass is 16.6. The Hall–Kier alpha value is -1.64. The number of hydrogen-bond donors (Lipinski definition) is 0. The maximum atomic E-state index is 10.7. The fourth-order valence-corrected chi connectivity index (χ4v) is 1.27. The van der Waals surface area contributed by atoms with Gasteiger partial charge in [-0.3, -0.25) is 10.1 Å². The van der Waals surface area contributed by atoms with Crippen LogP contribution in [0.5, 0.6) is 0 Å². The van der Waals surface area contributed by atoms with Crippen LogP contribution in [0, 0.1) is 17.0 Å². The summed E-state index contributed by atoms with van der Waals surface area (Å²) < 4.78 is 0. The van der Waals surface area contributed by atoms with Gasteiger partial charge in [-0.1, -0.05) is 17.2 Å². The van der Waals surface area contributed by atoms with Gasteiger partial charge in [0, 0.05) is 6.07 Å². The quantitative estimate of drug-likeness (QED) is 0.531. The molecular formula is C11H13NO2. The molecule has 1 aromatic rings. The van der Waals surface area contributed by atoms with Crippen molar-refractivity contribution in [2.75, 3.05) is 0 Å². The molecule has 0 aliphatic rings. The Labute approximate surface area is 83.2 Å². The van der Waals surface area contributed by atoms with E-state index in [0.717, 1.165) is 11.1 Å². The van der Waals surface area contributed by atoms with Gasteiger partial charge in [0.15, 0.2) is 0 Å². The Morgan fingerprint density at radius 2 is 2.07 bits per heavy atom. The second kappa shape index (κ2) is 4.05. The number of nitro benzene ring substituents is 1. The number of nitro groups is 1. The second-order valence-electron chi connectivity index (χ2n) is 3.54. The summed E-state index contributed by atoms with van der Waals surface area (Å²) in [5.41, 5.74) is 2.92. The van der Waals surface area contributed by atoms with Gasteiger partial charge in [-0.15, -0.1) is 0 Å². The molecule has 0 aromatic heterocycles. The highest BCUT2D eigenvalue weighted by molar-refractivity contribution is 5.63. The molecule has 3 nitrogen and oxygen atoms in total. The van der Waals surface area contributed by atoms with E-state index in [4.69, 9.17) is 0 Å². The van der Waals surface area contributed by atoms with Crippen molar-refractivity contribution in [1.29, 1.82) is 0 Å². The first kappa shape index (κ1) is 10.4. The zero-order chi connectivity index (χ0) is 10.7. The number of nitrogens with zero attached hydrogens (tertiary/aromatic N) is 1. The van der Waals surface area contributed by atoms with E-state index in [2.05, 4.69) is 0 Å². The monoisotopic (exact) mass is 191 g/mol. The number of rotatable bonds is 2. The minimum absolute atomic E-state index is 0.164. The van der Waals surface area contributed by atoms with E-state index in [9.17, 15) is 10.1 Å². The molecule has 0 amide bonds. The molecule has 0 N–H and O–H groups in total. The molecule has 0 aliphatic carbocycles. The van der Waals surface area contributed by atoms with Crippen LogP contribution in [-0.4, -0.2) is 4.92 Å². The third kappa shape index (κ3) is 2.42. The molecule has 1 rings (SSSR count). The molecular weight excluding hydrogens is 178 g/mol. The fourth-order valence-electron chi connectivity index (χ4n) is 1.27. The van der Waals surface area contributed by atoms with Crippen LogP contribution in [0.4, 0.5) is 5.69 Å². The minimum Gasteiger partial charge on any atom is -0.258 e. The summed E-state index contributed by atoms with van der Waals surface area (Å²) in [4.78, 5) is 10.3. The maximum absolute atomic E-state index is 10.7. The van der Waals surface area contributed by atoms with E-state index >= 15 is 0 Å². The lowest BCUT2D eigenvalue weighted by molar-refractivity contribution is -0.385. The van der Waals surface area contributed by atoms with Crippen molar-refractivity contribution in [3.8, 4) is 0 Å². The largest absolute Gasteiger partial charge is 0.276 e. The highest BCUT2D eigenvalue weighted by Gasteiger charge is 2.10. The maximum Gasteiger partial charge on any atom is 0.276 e. The lowest BCUT2D eigenvalue weighted by Crippen LogP contribution is -1.92. The van der Waals surface area contributed by atoms with Crippen molar-refractivity contribution < 1.29 is 4.92 Å². The molecule has 0 saturated heterocycles. The Kier molecular flexibility index (Phi) is 3.02. The standard InChI is InChI=1S/C11H13NO2/c1-8(2)6-10-7-9(3)4-5-11(10)12(13)14/h4-7H,1-3H3. The van der Waals surface area contributed by atoms with Crippen LogP contribution in [0.1, 0.15) is 25.0 Å². The summed E-state index contributed by atoms with van der Waals surface area (Å²) in [6, 6.07) is 5.12. The van der Waals surface area contributed by atoms with Crippen LogP contribution in [0.2, 0.25) is 0 Å². The van der Waals surface area contributed by atoms with Crippen LogP contribution in [0.3, 0.4) is 0 Å². The molecule has 74 valence electrons. The summed E-state index contributed by atoms with van der Waals surface area (Å²) in [7, 11) is 0. The van der Waals surface area contributed by atoms with Gasteiger partial charge in [0.25, 0.3) is 5.69 Å². The molecule has 3 heteroatoms. The molecule has 0 bridgehead atoms. The summed E-state index contributed by atoms with van der Waals surface area (Å²) in [6.07, 6.45) is 1.82. The first-order valence-electron chi connectivity index (χ1n) is 4.40. The molecule has 0 atom stereocenters. The lowest BCUT2D eigenvalue weighted by atomic mass is 10.1. The average molecular weight is 191 g/mol. The molecule has 0 aliphatic heterocycles. The average Bonchev–Trinajstić information content (AvgIpc) is 2.01. The first-order chi connectivity index (χ1) is 6.50. The molecule has 0 radical (unpaired) electrons. The molecule has 0 fully saturated rings. The minimum atomic E-state index is -0.353. The van der Waals surface area contributed by atoms with Crippen molar-refractivity contribution in [2.24, 2.45) is 0 Å². The smallest absolute Gasteiger partial charge is 0.258 e. The Bertz CT molecular complexity index is 390. The van der Waals surface area contributed by atoms with E-state index in [1.165, 1.54) is 0 Å². The van der Waals surface area contributed by atoms with Crippen molar-refractivity contribution in [2.45, 2.75) is 20.8 Å². The molecule has 0 unspecified atom stereocenters. The van der Waals surface area contributed by atoms with Crippen molar-refractivity contribution in [3.05, 3.63) is 45.0 Å². The predicted molar refractivity (Wildman–Crippen MR) is 57.2 cm³/mol. The second-order valence-corrected chi connectivity index (χ2v) is 3.54. The van der Waals surface area contributed by atoms with E-state index < -0.39 is 0 Å². The normalized spacial score (nSPS) is 9.64. The zero-order valence-electron chi connectivity index (χ0n) is 8.57. The highest BCUT2D eigenvalue weighted by Crippen LogP contribution is 2.22.